The maximum Gasteiger partial charge on any atom is 0.246 e. The number of nitrogens with zero attached hydrogens (tertiary/aromatic N) is 2. The molecule has 1 N–H and O–H groups in total. The summed E-state index contributed by atoms with van der Waals surface area (Å²) in [5, 5.41) is 7.09. The van der Waals surface area contributed by atoms with E-state index in [9.17, 15) is 9.18 Å². The van der Waals surface area contributed by atoms with Crippen LogP contribution in [0, 0.1) is 19.7 Å². The Kier molecular flexibility index (Phi) is 4.79. The number of aromatic nitrogens is 2. The zero-order chi connectivity index (χ0) is 17.8. The minimum atomic E-state index is -0.386. The molecule has 0 fully saturated rings. The van der Waals surface area contributed by atoms with Crippen molar-refractivity contribution in [2.45, 2.75) is 20.4 Å². The number of para-hydroxylation sites is 2. The molecule has 0 saturated carbocycles. The highest BCUT2D eigenvalue weighted by Crippen LogP contribution is 2.29. The van der Waals surface area contributed by atoms with Gasteiger partial charge in [-0.3, -0.25) is 9.48 Å². The van der Waals surface area contributed by atoms with Gasteiger partial charge in [-0.25, -0.2) is 4.39 Å². The number of carbonyl (C=O) groups is 1. The minimum Gasteiger partial charge on any atom is -0.455 e. The Morgan fingerprint density at radius 3 is 2.68 bits per heavy atom. The molecule has 25 heavy (non-hydrogen) atoms. The van der Waals surface area contributed by atoms with Crippen molar-refractivity contribution in [3.63, 3.8) is 0 Å². The summed E-state index contributed by atoms with van der Waals surface area (Å²) in [6.45, 7) is 3.88. The van der Waals surface area contributed by atoms with Crippen molar-refractivity contribution in [3.8, 4) is 11.5 Å². The molecule has 0 bridgehead atoms. The van der Waals surface area contributed by atoms with E-state index in [1.54, 1.807) is 41.1 Å². The first-order chi connectivity index (χ1) is 12.0. The molecule has 3 rings (SSSR count). The lowest BCUT2D eigenvalue weighted by molar-refractivity contribution is -0.116. The van der Waals surface area contributed by atoms with Crippen molar-refractivity contribution in [1.82, 2.24) is 9.78 Å². The second kappa shape index (κ2) is 7.17. The van der Waals surface area contributed by atoms with Crippen LogP contribution in [0.2, 0.25) is 0 Å². The Bertz CT molecular complexity index is 905. The molecule has 1 amide bonds. The standard InChI is InChI=1S/C19H18FN3O2/c1-13-10-14(2)23(22-13)12-19(24)21-17-8-3-4-9-18(17)25-16-7-5-6-15(20)11-16/h3-11H,12H2,1-2H3,(H,21,24). The Labute approximate surface area is 145 Å². The molecule has 1 heterocycles. The zero-order valence-electron chi connectivity index (χ0n) is 14.0. The van der Waals surface area contributed by atoms with Crippen LogP contribution in [0.1, 0.15) is 11.4 Å². The van der Waals surface area contributed by atoms with Crippen molar-refractivity contribution in [1.29, 1.82) is 0 Å². The largest absolute Gasteiger partial charge is 0.455 e. The number of anilines is 1. The van der Waals surface area contributed by atoms with Gasteiger partial charge < -0.3 is 10.1 Å². The average molecular weight is 339 g/mol. The van der Waals surface area contributed by atoms with E-state index in [4.69, 9.17) is 4.74 Å². The van der Waals surface area contributed by atoms with Gasteiger partial charge in [0.25, 0.3) is 0 Å². The van der Waals surface area contributed by atoms with Gasteiger partial charge in [0.2, 0.25) is 5.91 Å². The van der Waals surface area contributed by atoms with Crippen LogP contribution >= 0.6 is 0 Å². The molecule has 2 aromatic carbocycles. The van der Waals surface area contributed by atoms with Crippen LogP contribution in [0.4, 0.5) is 10.1 Å². The Morgan fingerprint density at radius 1 is 1.16 bits per heavy atom. The molecule has 0 spiro atoms. The first-order valence-electron chi connectivity index (χ1n) is 7.84. The topological polar surface area (TPSA) is 56.2 Å². The van der Waals surface area contributed by atoms with E-state index >= 15 is 0 Å². The Hall–Kier alpha value is -3.15. The van der Waals surface area contributed by atoms with Gasteiger partial charge in [0.1, 0.15) is 18.1 Å². The molecular formula is C19H18FN3O2. The smallest absolute Gasteiger partial charge is 0.246 e. The molecule has 0 radical (unpaired) electrons. The first-order valence-corrected chi connectivity index (χ1v) is 7.84. The minimum absolute atomic E-state index is 0.105. The number of nitrogens with one attached hydrogen (secondary N) is 1. The lowest BCUT2D eigenvalue weighted by Crippen LogP contribution is -2.20. The zero-order valence-corrected chi connectivity index (χ0v) is 14.0. The van der Waals surface area contributed by atoms with E-state index in [1.807, 2.05) is 19.9 Å². The molecule has 0 atom stereocenters. The fourth-order valence-corrected chi connectivity index (χ4v) is 2.48. The van der Waals surface area contributed by atoms with Crippen molar-refractivity contribution < 1.29 is 13.9 Å². The third-order valence-electron chi connectivity index (χ3n) is 3.58. The van der Waals surface area contributed by atoms with E-state index in [0.29, 0.717) is 17.2 Å². The monoisotopic (exact) mass is 339 g/mol. The maximum atomic E-state index is 13.3. The van der Waals surface area contributed by atoms with Gasteiger partial charge >= 0.3 is 0 Å². The highest BCUT2D eigenvalue weighted by Gasteiger charge is 2.11. The summed E-state index contributed by atoms with van der Waals surface area (Å²) in [6.07, 6.45) is 0. The Balaban J connectivity index is 1.74. The van der Waals surface area contributed by atoms with Gasteiger partial charge in [-0.15, -0.1) is 0 Å². The molecular weight excluding hydrogens is 321 g/mol. The van der Waals surface area contributed by atoms with Gasteiger partial charge in [0.05, 0.1) is 11.4 Å². The molecule has 0 aliphatic heterocycles. The van der Waals surface area contributed by atoms with Crippen molar-refractivity contribution in [3.05, 3.63) is 71.8 Å². The quantitative estimate of drug-likeness (QED) is 0.762. The van der Waals surface area contributed by atoms with E-state index in [1.165, 1.54) is 12.1 Å². The summed E-state index contributed by atoms with van der Waals surface area (Å²) in [4.78, 5) is 12.3. The van der Waals surface area contributed by atoms with Crippen LogP contribution < -0.4 is 10.1 Å². The summed E-state index contributed by atoms with van der Waals surface area (Å²) in [5.41, 5.74) is 2.29. The van der Waals surface area contributed by atoms with Crippen LogP contribution in [0.3, 0.4) is 0 Å². The fourth-order valence-electron chi connectivity index (χ4n) is 2.48. The van der Waals surface area contributed by atoms with Crippen LogP contribution in [-0.4, -0.2) is 15.7 Å². The molecule has 0 aliphatic rings. The van der Waals surface area contributed by atoms with E-state index in [-0.39, 0.29) is 18.3 Å². The number of hydrogen-bond donors (Lipinski definition) is 1. The van der Waals surface area contributed by atoms with E-state index in [0.717, 1.165) is 11.4 Å². The number of rotatable bonds is 5. The molecule has 128 valence electrons. The van der Waals surface area contributed by atoms with Crippen LogP contribution in [0.15, 0.2) is 54.6 Å². The second-order valence-electron chi connectivity index (χ2n) is 5.69. The highest BCUT2D eigenvalue weighted by molar-refractivity contribution is 5.92. The Morgan fingerprint density at radius 2 is 1.96 bits per heavy atom. The number of aryl methyl sites for hydroxylation is 2. The normalized spacial score (nSPS) is 10.5. The number of carbonyl (C=O) groups excluding carboxylic acids is 1. The highest BCUT2D eigenvalue weighted by atomic mass is 19.1. The molecule has 3 aromatic rings. The van der Waals surface area contributed by atoms with Gasteiger partial charge in [-0.05, 0) is 44.2 Å². The molecule has 0 aliphatic carbocycles. The first kappa shape index (κ1) is 16.7. The fraction of sp³-hybridized carbons (Fsp3) is 0.158. The average Bonchev–Trinajstić information content (AvgIpc) is 2.86. The molecule has 1 aromatic heterocycles. The van der Waals surface area contributed by atoms with Gasteiger partial charge in [-0.2, -0.15) is 5.10 Å². The summed E-state index contributed by atoms with van der Waals surface area (Å²) in [6, 6.07) is 14.8. The number of amides is 1. The molecule has 6 heteroatoms. The van der Waals surface area contributed by atoms with Crippen LogP contribution in [0.25, 0.3) is 0 Å². The van der Waals surface area contributed by atoms with E-state index in [2.05, 4.69) is 10.4 Å². The summed E-state index contributed by atoms with van der Waals surface area (Å²) >= 11 is 0. The summed E-state index contributed by atoms with van der Waals surface area (Å²) in [5.74, 6) is 0.195. The maximum absolute atomic E-state index is 13.3. The summed E-state index contributed by atoms with van der Waals surface area (Å²) < 4.78 is 20.6. The second-order valence-corrected chi connectivity index (χ2v) is 5.69. The van der Waals surface area contributed by atoms with Crippen LogP contribution in [-0.2, 0) is 11.3 Å². The number of hydrogen-bond acceptors (Lipinski definition) is 3. The van der Waals surface area contributed by atoms with Crippen molar-refractivity contribution in [2.24, 2.45) is 0 Å². The number of ether oxygens (including phenoxy) is 1. The van der Waals surface area contributed by atoms with Gasteiger partial charge in [0, 0.05) is 11.8 Å². The van der Waals surface area contributed by atoms with Gasteiger partial charge in [-0.1, -0.05) is 18.2 Å². The molecule has 0 unspecified atom stereocenters. The SMILES string of the molecule is Cc1cc(C)n(CC(=O)Nc2ccccc2Oc2cccc(F)c2)n1. The third kappa shape index (κ3) is 4.23. The third-order valence-corrected chi connectivity index (χ3v) is 3.58. The predicted molar refractivity (Wildman–Crippen MR) is 93.2 cm³/mol. The molecule has 0 saturated heterocycles. The lowest BCUT2D eigenvalue weighted by atomic mass is 10.2. The van der Waals surface area contributed by atoms with Crippen molar-refractivity contribution in [2.75, 3.05) is 5.32 Å². The number of benzene rings is 2. The molecule has 5 nitrogen and oxygen atoms in total. The number of halogens is 1. The lowest BCUT2D eigenvalue weighted by Gasteiger charge is -2.12. The predicted octanol–water partition coefficient (Wildman–Crippen LogP) is 4.07. The van der Waals surface area contributed by atoms with Gasteiger partial charge in [0.15, 0.2) is 5.75 Å². The van der Waals surface area contributed by atoms with E-state index < -0.39 is 0 Å². The van der Waals surface area contributed by atoms with Crippen molar-refractivity contribution >= 4 is 11.6 Å². The van der Waals surface area contributed by atoms with Crippen LogP contribution in [0.5, 0.6) is 11.5 Å². The summed E-state index contributed by atoms with van der Waals surface area (Å²) in [7, 11) is 0.